The number of aliphatic hydroxyl groups excluding tert-OH is 1. The molecule has 1 aromatic heterocycles. The fourth-order valence-electron chi connectivity index (χ4n) is 1.56. The van der Waals surface area contributed by atoms with Crippen molar-refractivity contribution in [1.82, 2.24) is 4.90 Å². The van der Waals surface area contributed by atoms with Crippen LogP contribution >= 0.6 is 11.3 Å². The zero-order chi connectivity index (χ0) is 12.0. The molecule has 1 N–H and O–H groups in total. The molecule has 0 radical (unpaired) electrons. The van der Waals surface area contributed by atoms with Crippen molar-refractivity contribution in [3.8, 4) is 0 Å². The number of nitrogens with zero attached hydrogens (tertiary/aromatic N) is 1. The minimum absolute atomic E-state index is 0.144. The van der Waals surface area contributed by atoms with Gasteiger partial charge in [0.05, 0.1) is 11.5 Å². The Balaban J connectivity index is 2.40. The predicted molar refractivity (Wildman–Crippen MR) is 67.1 cm³/mol. The van der Waals surface area contributed by atoms with Crippen molar-refractivity contribution in [2.45, 2.75) is 26.3 Å². The second-order valence-electron chi connectivity index (χ2n) is 4.00. The molecule has 0 spiro atoms. The van der Waals surface area contributed by atoms with Gasteiger partial charge in [-0.3, -0.25) is 9.69 Å². The van der Waals surface area contributed by atoms with Crippen molar-refractivity contribution >= 4 is 17.1 Å². The highest BCUT2D eigenvalue weighted by Gasteiger charge is 2.12. The summed E-state index contributed by atoms with van der Waals surface area (Å²) < 4.78 is 0. The van der Waals surface area contributed by atoms with E-state index in [0.29, 0.717) is 19.0 Å². The average Bonchev–Trinajstić information content (AvgIpc) is 2.76. The highest BCUT2D eigenvalue weighted by atomic mass is 32.1. The lowest BCUT2D eigenvalue weighted by Crippen LogP contribution is -2.35. The molecule has 90 valence electrons. The van der Waals surface area contributed by atoms with Crippen LogP contribution in [0.25, 0.3) is 0 Å². The van der Waals surface area contributed by atoms with Gasteiger partial charge >= 0.3 is 0 Å². The summed E-state index contributed by atoms with van der Waals surface area (Å²) in [7, 11) is 0. The number of Topliss-reactive ketones (excluding diaryl/α,β-unsaturated/α-hetero) is 1. The smallest absolute Gasteiger partial charge is 0.174 e. The molecule has 4 heteroatoms. The van der Waals surface area contributed by atoms with E-state index in [0.717, 1.165) is 11.4 Å². The molecular weight excluding hydrogens is 222 g/mol. The molecule has 0 saturated heterocycles. The normalized spacial score (nSPS) is 11.3. The number of carbonyl (C=O) groups excluding carboxylic acids is 1. The first-order chi connectivity index (χ1) is 7.65. The van der Waals surface area contributed by atoms with Crippen molar-refractivity contribution in [1.29, 1.82) is 0 Å². The lowest BCUT2D eigenvalue weighted by Gasteiger charge is -2.24. The van der Waals surface area contributed by atoms with Gasteiger partial charge in [-0.15, -0.1) is 11.3 Å². The van der Waals surface area contributed by atoms with E-state index in [2.05, 4.69) is 18.7 Å². The Bertz CT molecular complexity index is 309. The van der Waals surface area contributed by atoms with Gasteiger partial charge in [0.25, 0.3) is 0 Å². The fourth-order valence-corrected chi connectivity index (χ4v) is 2.26. The quantitative estimate of drug-likeness (QED) is 0.743. The monoisotopic (exact) mass is 241 g/mol. The van der Waals surface area contributed by atoms with E-state index in [9.17, 15) is 4.79 Å². The molecule has 0 atom stereocenters. The molecule has 0 aromatic carbocycles. The molecule has 0 saturated carbocycles. The number of aliphatic hydroxyl groups is 1. The Morgan fingerprint density at radius 3 is 2.75 bits per heavy atom. The molecule has 16 heavy (non-hydrogen) atoms. The predicted octanol–water partition coefficient (Wildman–Crippen LogP) is 2.02. The summed E-state index contributed by atoms with van der Waals surface area (Å²) in [6.07, 6.45) is 0.526. The number of rotatable bonds is 7. The van der Waals surface area contributed by atoms with Crippen LogP contribution < -0.4 is 0 Å². The first-order valence-electron chi connectivity index (χ1n) is 5.56. The zero-order valence-electron chi connectivity index (χ0n) is 9.85. The minimum atomic E-state index is 0.144. The van der Waals surface area contributed by atoms with Crippen LogP contribution in [0.4, 0.5) is 0 Å². The average molecular weight is 241 g/mol. The maximum atomic E-state index is 11.8. The standard InChI is InChI=1S/C12H19NO2S/c1-10(2)13(7-8-14)6-5-11(15)12-4-3-9-16-12/h3-4,9-10,14H,5-8H2,1-2H3. The van der Waals surface area contributed by atoms with Crippen LogP contribution in [0.5, 0.6) is 0 Å². The third-order valence-electron chi connectivity index (χ3n) is 2.54. The number of hydrogen-bond donors (Lipinski definition) is 1. The van der Waals surface area contributed by atoms with Crippen LogP contribution in [0.2, 0.25) is 0 Å². The van der Waals surface area contributed by atoms with Gasteiger partial charge in [-0.1, -0.05) is 6.07 Å². The van der Waals surface area contributed by atoms with E-state index in [4.69, 9.17) is 5.11 Å². The fraction of sp³-hybridized carbons (Fsp3) is 0.583. The number of hydrogen-bond acceptors (Lipinski definition) is 4. The third-order valence-corrected chi connectivity index (χ3v) is 3.45. The maximum Gasteiger partial charge on any atom is 0.174 e. The van der Waals surface area contributed by atoms with Gasteiger partial charge in [-0.05, 0) is 25.3 Å². The number of ketones is 1. The summed E-state index contributed by atoms with van der Waals surface area (Å²) in [6, 6.07) is 4.12. The first-order valence-corrected chi connectivity index (χ1v) is 6.44. The third kappa shape index (κ3) is 4.04. The highest BCUT2D eigenvalue weighted by molar-refractivity contribution is 7.12. The molecule has 0 bridgehead atoms. The first kappa shape index (κ1) is 13.4. The topological polar surface area (TPSA) is 40.5 Å². The summed E-state index contributed by atoms with van der Waals surface area (Å²) in [5.41, 5.74) is 0. The van der Waals surface area contributed by atoms with Crippen molar-refractivity contribution in [3.63, 3.8) is 0 Å². The number of thiophene rings is 1. The van der Waals surface area contributed by atoms with Gasteiger partial charge in [0.2, 0.25) is 0 Å². The molecule has 0 aliphatic heterocycles. The van der Waals surface area contributed by atoms with Crippen LogP contribution in [-0.4, -0.2) is 41.5 Å². The Kier molecular flexibility index (Phi) is 5.66. The van der Waals surface area contributed by atoms with Crippen molar-refractivity contribution in [3.05, 3.63) is 22.4 Å². The van der Waals surface area contributed by atoms with Crippen LogP contribution in [0, 0.1) is 0 Å². The van der Waals surface area contributed by atoms with E-state index in [-0.39, 0.29) is 12.4 Å². The van der Waals surface area contributed by atoms with Gasteiger partial charge in [-0.25, -0.2) is 0 Å². The van der Waals surface area contributed by atoms with Gasteiger partial charge in [0.15, 0.2) is 5.78 Å². The molecule has 0 aliphatic rings. The van der Waals surface area contributed by atoms with Crippen LogP contribution in [0.15, 0.2) is 17.5 Å². The lowest BCUT2D eigenvalue weighted by molar-refractivity contribution is 0.0947. The molecule has 0 aliphatic carbocycles. The van der Waals surface area contributed by atoms with Gasteiger partial charge < -0.3 is 5.11 Å². The van der Waals surface area contributed by atoms with Gasteiger partial charge in [0, 0.05) is 25.6 Å². The van der Waals surface area contributed by atoms with Gasteiger partial charge in [0.1, 0.15) is 0 Å². The maximum absolute atomic E-state index is 11.8. The molecule has 0 unspecified atom stereocenters. The largest absolute Gasteiger partial charge is 0.395 e. The summed E-state index contributed by atoms with van der Waals surface area (Å²) in [6.45, 7) is 5.65. The zero-order valence-corrected chi connectivity index (χ0v) is 10.7. The highest BCUT2D eigenvalue weighted by Crippen LogP contribution is 2.12. The molecule has 1 rings (SSSR count). The minimum Gasteiger partial charge on any atom is -0.395 e. The van der Waals surface area contributed by atoms with Crippen molar-refractivity contribution in [2.75, 3.05) is 19.7 Å². The van der Waals surface area contributed by atoms with Crippen LogP contribution in [0.3, 0.4) is 0 Å². The van der Waals surface area contributed by atoms with E-state index in [1.165, 1.54) is 11.3 Å². The second-order valence-corrected chi connectivity index (χ2v) is 4.95. The molecular formula is C12H19NO2S. The summed E-state index contributed by atoms with van der Waals surface area (Å²) in [4.78, 5) is 14.7. The van der Waals surface area contributed by atoms with E-state index >= 15 is 0 Å². The Morgan fingerprint density at radius 1 is 1.50 bits per heavy atom. The van der Waals surface area contributed by atoms with E-state index < -0.39 is 0 Å². The summed E-state index contributed by atoms with van der Waals surface area (Å²) in [5, 5.41) is 10.8. The van der Waals surface area contributed by atoms with Gasteiger partial charge in [-0.2, -0.15) is 0 Å². The van der Waals surface area contributed by atoms with Crippen LogP contribution in [0.1, 0.15) is 29.9 Å². The number of carbonyl (C=O) groups is 1. The lowest BCUT2D eigenvalue weighted by atomic mass is 10.2. The van der Waals surface area contributed by atoms with E-state index in [1.54, 1.807) is 0 Å². The molecule has 3 nitrogen and oxygen atoms in total. The van der Waals surface area contributed by atoms with Crippen molar-refractivity contribution in [2.24, 2.45) is 0 Å². The molecule has 1 aromatic rings. The summed E-state index contributed by atoms with van der Waals surface area (Å²) >= 11 is 1.49. The second kappa shape index (κ2) is 6.78. The SMILES string of the molecule is CC(C)N(CCO)CCC(=O)c1cccs1. The molecule has 0 amide bonds. The molecule has 1 heterocycles. The molecule has 0 fully saturated rings. The Labute approximate surface area is 101 Å². The Hall–Kier alpha value is -0.710. The van der Waals surface area contributed by atoms with Crippen molar-refractivity contribution < 1.29 is 9.90 Å². The Morgan fingerprint density at radius 2 is 2.25 bits per heavy atom. The van der Waals surface area contributed by atoms with Crippen LogP contribution in [-0.2, 0) is 0 Å². The van der Waals surface area contributed by atoms with E-state index in [1.807, 2.05) is 17.5 Å². The summed E-state index contributed by atoms with van der Waals surface area (Å²) in [5.74, 6) is 0.193.